The van der Waals surface area contributed by atoms with Crippen molar-refractivity contribution in [2.75, 3.05) is 26.2 Å². The molecule has 12 atom stereocenters. The van der Waals surface area contributed by atoms with Crippen LogP contribution in [0.25, 0.3) is 0 Å². The van der Waals surface area contributed by atoms with Gasteiger partial charge in [0.1, 0.15) is 0 Å². The molecule has 8 heterocycles. The van der Waals surface area contributed by atoms with Crippen molar-refractivity contribution in [2.45, 2.75) is 102 Å². The monoisotopic (exact) mass is 564 g/mol. The van der Waals surface area contributed by atoms with Crippen LogP contribution in [0.15, 0.2) is 0 Å². The number of hydrogen-bond acceptors (Lipinski definition) is 8. The number of aliphatic hydroxyl groups is 4. The van der Waals surface area contributed by atoms with Crippen molar-refractivity contribution in [3.63, 3.8) is 0 Å². The molecule has 4 amide bonds. The van der Waals surface area contributed by atoms with E-state index in [0.29, 0.717) is 23.7 Å². The number of carbonyl (C=O) groups excluding carboxylic acids is 4. The minimum atomic E-state index is -0.219. The summed E-state index contributed by atoms with van der Waals surface area (Å²) in [6, 6.07) is 0.620. The maximum Gasteiger partial charge on any atom is 0.219 e. The summed E-state index contributed by atoms with van der Waals surface area (Å²) in [4.78, 5) is 50.5. The Bertz CT molecular complexity index is 882. The first kappa shape index (κ1) is 29.2. The number of amides is 4. The predicted octanol–water partition coefficient (Wildman–Crippen LogP) is -1.61. The second kappa shape index (κ2) is 10.8. The van der Waals surface area contributed by atoms with Crippen LogP contribution >= 0.6 is 0 Å². The van der Waals surface area contributed by atoms with E-state index in [4.69, 9.17) is 0 Å². The summed E-state index contributed by atoms with van der Waals surface area (Å²) in [5.74, 6) is 1.94. The van der Waals surface area contributed by atoms with Crippen molar-refractivity contribution in [2.24, 2.45) is 23.7 Å². The molecule has 0 radical (unpaired) electrons. The third kappa shape index (κ3) is 4.90. The van der Waals surface area contributed by atoms with Gasteiger partial charge in [0.05, 0.1) is 48.6 Å². The van der Waals surface area contributed by atoms with Gasteiger partial charge in [0.15, 0.2) is 0 Å². The number of nitrogens with zero attached hydrogens (tertiary/aromatic N) is 4. The molecule has 8 aliphatic heterocycles. The molecule has 4 saturated carbocycles. The van der Waals surface area contributed by atoms with Crippen LogP contribution in [-0.4, -0.2) is 138 Å². The summed E-state index contributed by atoms with van der Waals surface area (Å²) in [6.07, 6.45) is 3.18. The molecular formula is C28H44N4O8. The van der Waals surface area contributed by atoms with Crippen LogP contribution in [0.1, 0.15) is 53.4 Å². The van der Waals surface area contributed by atoms with Gasteiger partial charge in [0.2, 0.25) is 23.6 Å². The van der Waals surface area contributed by atoms with Crippen molar-refractivity contribution in [1.29, 1.82) is 0 Å². The lowest BCUT2D eigenvalue weighted by Gasteiger charge is -2.31. The molecule has 12 aliphatic rings. The van der Waals surface area contributed by atoms with Gasteiger partial charge in [0.25, 0.3) is 0 Å². The van der Waals surface area contributed by atoms with Crippen molar-refractivity contribution in [3.05, 3.63) is 0 Å². The standard InChI is InChI=1S/4C7H11NO2/c4*1-4(9)8-3-5-2-6(8)7(5)10/h4*5-7,10H,2-3H2,1H3/t4*5-,6-,7+/m1100/s1. The average molecular weight is 565 g/mol. The van der Waals surface area contributed by atoms with Crippen LogP contribution < -0.4 is 0 Å². The first-order chi connectivity index (χ1) is 18.8. The van der Waals surface area contributed by atoms with Crippen LogP contribution in [0.2, 0.25) is 0 Å². The summed E-state index contributed by atoms with van der Waals surface area (Å²) in [5.41, 5.74) is 0. The van der Waals surface area contributed by atoms with Gasteiger partial charge in [-0.05, 0) is 25.7 Å². The number of carbonyl (C=O) groups is 4. The van der Waals surface area contributed by atoms with Gasteiger partial charge in [-0.25, -0.2) is 0 Å². The smallest absolute Gasteiger partial charge is 0.219 e. The molecule has 12 heteroatoms. The third-order valence-electron chi connectivity index (χ3n) is 10.6. The van der Waals surface area contributed by atoms with E-state index < -0.39 is 0 Å². The van der Waals surface area contributed by atoms with E-state index in [-0.39, 0.29) is 72.2 Å². The lowest BCUT2D eigenvalue weighted by molar-refractivity contribution is -0.131. The molecule has 0 aromatic heterocycles. The highest BCUT2D eigenvalue weighted by Crippen LogP contribution is 2.42. The van der Waals surface area contributed by atoms with Crippen LogP contribution in [0.5, 0.6) is 0 Å². The number of rotatable bonds is 0. The lowest BCUT2D eigenvalue weighted by Crippen LogP contribution is -2.44. The van der Waals surface area contributed by atoms with Crippen LogP contribution in [-0.2, 0) is 19.2 Å². The van der Waals surface area contributed by atoms with Crippen molar-refractivity contribution in [3.8, 4) is 0 Å². The van der Waals surface area contributed by atoms with Crippen LogP contribution in [0, 0.1) is 23.7 Å². The minimum absolute atomic E-state index is 0.101. The lowest BCUT2D eigenvalue weighted by atomic mass is 9.83. The fourth-order valence-corrected chi connectivity index (χ4v) is 7.81. The Morgan fingerprint density at radius 2 is 0.600 bits per heavy atom. The molecule has 12 rings (SSSR count). The molecule has 0 aromatic carbocycles. The Morgan fingerprint density at radius 1 is 0.425 bits per heavy atom. The van der Waals surface area contributed by atoms with Crippen LogP contribution in [0.4, 0.5) is 0 Å². The molecule has 0 aromatic rings. The molecule has 8 bridgehead atoms. The van der Waals surface area contributed by atoms with Crippen LogP contribution in [0.3, 0.4) is 0 Å². The fourth-order valence-electron chi connectivity index (χ4n) is 7.81. The predicted molar refractivity (Wildman–Crippen MR) is 141 cm³/mol. The number of fused-ring (bicyclic) bond motifs is 4. The van der Waals surface area contributed by atoms with Crippen molar-refractivity contribution < 1.29 is 39.6 Å². The van der Waals surface area contributed by atoms with E-state index in [1.54, 1.807) is 47.3 Å². The second-order valence-electron chi connectivity index (χ2n) is 12.9. The molecule has 0 spiro atoms. The first-order valence-corrected chi connectivity index (χ1v) is 14.6. The first-order valence-electron chi connectivity index (χ1n) is 14.6. The molecule has 8 saturated heterocycles. The average Bonchev–Trinajstić information content (AvgIpc) is 3.75. The minimum Gasteiger partial charge on any atom is -0.391 e. The third-order valence-corrected chi connectivity index (χ3v) is 10.6. The molecule has 4 N–H and O–H groups in total. The molecule has 12 fully saturated rings. The summed E-state index contributed by atoms with van der Waals surface area (Å²) in [7, 11) is 0. The van der Waals surface area contributed by atoms with Gasteiger partial charge in [-0.15, -0.1) is 0 Å². The quantitative estimate of drug-likeness (QED) is 0.273. The summed E-state index contributed by atoms with van der Waals surface area (Å²) >= 11 is 0. The molecule has 12 nitrogen and oxygen atoms in total. The second-order valence-corrected chi connectivity index (χ2v) is 12.9. The van der Waals surface area contributed by atoms with E-state index in [2.05, 4.69) is 0 Å². The van der Waals surface area contributed by atoms with Gasteiger partial charge >= 0.3 is 0 Å². The van der Waals surface area contributed by atoms with Gasteiger partial charge in [-0.3, -0.25) is 19.2 Å². The summed E-state index contributed by atoms with van der Waals surface area (Å²) < 4.78 is 0. The Balaban J connectivity index is 0.000000108. The van der Waals surface area contributed by atoms with E-state index in [0.717, 1.165) is 51.9 Å². The maximum atomic E-state index is 10.8. The fraction of sp³-hybridized carbons (Fsp3) is 0.857. The van der Waals surface area contributed by atoms with E-state index in [1.807, 2.05) is 0 Å². The topological polar surface area (TPSA) is 162 Å². The van der Waals surface area contributed by atoms with E-state index in [9.17, 15) is 39.6 Å². The SMILES string of the molecule is CC(=O)N1C[C@@H]2C[C@H]1[C@@H]2O.CC(=O)N1C[C@@H]2C[C@H]1[C@@H]2O.CC(=O)N1C[C@H]2C[C@@H]1[C@H]2O.CC(=O)N1C[C@H]2C[C@@H]1[C@H]2O. The highest BCUT2D eigenvalue weighted by atomic mass is 16.3. The van der Waals surface area contributed by atoms with Crippen molar-refractivity contribution >= 4 is 23.6 Å². The highest BCUT2D eigenvalue weighted by Gasteiger charge is 2.54. The largest absolute Gasteiger partial charge is 0.391 e. The zero-order valence-electron chi connectivity index (χ0n) is 23.8. The Labute approximate surface area is 234 Å². The molecule has 0 unspecified atom stereocenters. The number of aliphatic hydroxyl groups excluding tert-OH is 4. The molecule has 4 aliphatic carbocycles. The number of hydrogen-bond donors (Lipinski definition) is 4. The van der Waals surface area contributed by atoms with E-state index >= 15 is 0 Å². The molecule has 224 valence electrons. The van der Waals surface area contributed by atoms with Crippen molar-refractivity contribution in [1.82, 2.24) is 19.6 Å². The normalized spacial score (nSPS) is 43.4. The Kier molecular flexibility index (Phi) is 7.92. The summed E-state index contributed by atoms with van der Waals surface area (Å²) in [5, 5.41) is 37.1. The maximum absolute atomic E-state index is 10.8. The highest BCUT2D eigenvalue weighted by molar-refractivity contribution is 5.76. The molecule has 40 heavy (non-hydrogen) atoms. The summed E-state index contributed by atoms with van der Waals surface area (Å²) in [6.45, 7) is 9.37. The van der Waals surface area contributed by atoms with Gasteiger partial charge in [0, 0.05) is 77.5 Å². The van der Waals surface area contributed by atoms with Gasteiger partial charge in [-0.1, -0.05) is 0 Å². The Morgan fingerprint density at radius 3 is 0.650 bits per heavy atom. The zero-order valence-corrected chi connectivity index (χ0v) is 23.8. The zero-order chi connectivity index (χ0) is 29.2. The van der Waals surface area contributed by atoms with Gasteiger partial charge < -0.3 is 40.0 Å². The van der Waals surface area contributed by atoms with Gasteiger partial charge in [-0.2, -0.15) is 0 Å². The molecular weight excluding hydrogens is 520 g/mol. The van der Waals surface area contributed by atoms with E-state index in [1.165, 1.54) is 0 Å². The Hall–Kier alpha value is -2.28.